The molecule has 1 saturated heterocycles. The molecule has 0 aliphatic carbocycles. The van der Waals surface area contributed by atoms with E-state index in [-0.39, 0.29) is 12.1 Å². The Morgan fingerprint density at radius 2 is 0.922 bits per heavy atom. The summed E-state index contributed by atoms with van der Waals surface area (Å²) < 4.78 is 27.8. The SMILES string of the molecule is c1ccc(COC[C@H]2[C@@H](OCc3ccccc3)[C@H](OCc3ccccc3)[C@H](OCc3ccccc3)[C@@H](c3nccs3)N2Cc2ccccc2)cc1. The van der Waals surface area contributed by atoms with Crippen molar-refractivity contribution in [2.24, 2.45) is 0 Å². The van der Waals surface area contributed by atoms with Gasteiger partial charge in [-0.2, -0.15) is 0 Å². The standard InChI is InChI=1S/C44H44N2O4S/c1-6-16-34(17-7-1)28-46-39(33-47-29-35-18-8-2-9-19-35)41(48-30-36-20-10-3-11-21-36)43(50-32-38-24-14-5-15-25-38)42(40(46)44-45-26-27-51-44)49-31-37-22-12-4-13-23-37/h1-27,39-43H,28-33H2/t39-,40-,41+,42+,43-/m0/s1. The second kappa shape index (κ2) is 18.1. The molecule has 2 heterocycles. The molecule has 7 heteroatoms. The van der Waals surface area contributed by atoms with E-state index in [9.17, 15) is 0 Å². The lowest BCUT2D eigenvalue weighted by Crippen LogP contribution is -2.65. The second-order valence-corrected chi connectivity index (χ2v) is 13.8. The Labute approximate surface area is 305 Å². The molecule has 6 aromatic rings. The average molecular weight is 697 g/mol. The lowest BCUT2D eigenvalue weighted by atomic mass is 9.86. The van der Waals surface area contributed by atoms with Crippen molar-refractivity contribution >= 4 is 11.3 Å². The first-order valence-corrected chi connectivity index (χ1v) is 18.5. The van der Waals surface area contributed by atoms with Crippen LogP contribution >= 0.6 is 11.3 Å². The van der Waals surface area contributed by atoms with E-state index in [1.807, 2.05) is 60.1 Å². The summed E-state index contributed by atoms with van der Waals surface area (Å²) in [6.07, 6.45) is 0.637. The van der Waals surface area contributed by atoms with E-state index in [2.05, 4.69) is 108 Å². The number of thiazole rings is 1. The molecule has 0 unspecified atom stereocenters. The lowest BCUT2D eigenvalue weighted by Gasteiger charge is -2.52. The topological polar surface area (TPSA) is 53.1 Å². The highest BCUT2D eigenvalue weighted by atomic mass is 32.1. The summed E-state index contributed by atoms with van der Waals surface area (Å²) in [4.78, 5) is 7.42. The molecule has 7 rings (SSSR count). The first-order chi connectivity index (χ1) is 25.3. The third kappa shape index (κ3) is 9.45. The molecular weight excluding hydrogens is 653 g/mol. The smallest absolute Gasteiger partial charge is 0.114 e. The number of aromatic nitrogens is 1. The van der Waals surface area contributed by atoms with E-state index in [0.717, 1.165) is 27.3 Å². The molecule has 51 heavy (non-hydrogen) atoms. The molecule has 0 bridgehead atoms. The van der Waals surface area contributed by atoms with E-state index >= 15 is 0 Å². The number of nitrogens with zero attached hydrogens (tertiary/aromatic N) is 2. The Morgan fingerprint density at radius 1 is 0.490 bits per heavy atom. The Bertz CT molecular complexity index is 1830. The number of rotatable bonds is 16. The quantitative estimate of drug-likeness (QED) is 0.101. The second-order valence-electron chi connectivity index (χ2n) is 12.8. The summed E-state index contributed by atoms with van der Waals surface area (Å²) in [5.74, 6) is 0. The fourth-order valence-electron chi connectivity index (χ4n) is 6.79. The van der Waals surface area contributed by atoms with Gasteiger partial charge in [-0.05, 0) is 27.8 Å². The van der Waals surface area contributed by atoms with Gasteiger partial charge in [0.05, 0.1) is 45.1 Å². The maximum Gasteiger partial charge on any atom is 0.114 e. The summed E-state index contributed by atoms with van der Waals surface area (Å²) in [6, 6.07) is 51.5. The zero-order valence-corrected chi connectivity index (χ0v) is 29.5. The summed E-state index contributed by atoms with van der Waals surface area (Å²) in [7, 11) is 0. The highest BCUT2D eigenvalue weighted by Gasteiger charge is 2.53. The van der Waals surface area contributed by atoms with E-state index in [4.69, 9.17) is 23.9 Å². The van der Waals surface area contributed by atoms with Gasteiger partial charge >= 0.3 is 0 Å². The first kappa shape index (κ1) is 35.0. The van der Waals surface area contributed by atoms with Crippen LogP contribution in [0.4, 0.5) is 0 Å². The zero-order chi connectivity index (χ0) is 34.5. The van der Waals surface area contributed by atoms with Crippen molar-refractivity contribution in [2.45, 2.75) is 63.4 Å². The first-order valence-electron chi connectivity index (χ1n) is 17.6. The van der Waals surface area contributed by atoms with E-state index in [1.165, 1.54) is 5.56 Å². The number of hydrogen-bond acceptors (Lipinski definition) is 7. The van der Waals surface area contributed by atoms with Gasteiger partial charge in [-0.25, -0.2) is 4.98 Å². The van der Waals surface area contributed by atoms with Gasteiger partial charge in [-0.1, -0.05) is 152 Å². The van der Waals surface area contributed by atoms with Crippen LogP contribution in [-0.4, -0.2) is 40.8 Å². The molecule has 0 N–H and O–H groups in total. The number of piperidine rings is 1. The summed E-state index contributed by atoms with van der Waals surface area (Å²) in [6.45, 7) is 2.86. The predicted octanol–water partition coefficient (Wildman–Crippen LogP) is 9.04. The predicted molar refractivity (Wildman–Crippen MR) is 202 cm³/mol. The fourth-order valence-corrected chi connectivity index (χ4v) is 7.58. The molecule has 0 amide bonds. The van der Waals surface area contributed by atoms with Gasteiger partial charge in [0.2, 0.25) is 0 Å². The normalized spacial score (nSPS) is 20.7. The number of hydrogen-bond donors (Lipinski definition) is 0. The Balaban J connectivity index is 1.31. The number of likely N-dealkylation sites (tertiary alicyclic amines) is 1. The van der Waals surface area contributed by atoms with Gasteiger partial charge in [0.1, 0.15) is 23.3 Å². The Kier molecular flexibility index (Phi) is 12.4. The minimum Gasteiger partial charge on any atom is -0.375 e. The number of ether oxygens (including phenoxy) is 4. The van der Waals surface area contributed by atoms with Crippen LogP contribution in [0.5, 0.6) is 0 Å². The molecule has 0 saturated carbocycles. The third-order valence-corrected chi connectivity index (χ3v) is 10.1. The van der Waals surface area contributed by atoms with E-state index in [0.29, 0.717) is 39.6 Å². The zero-order valence-electron chi connectivity index (χ0n) is 28.7. The lowest BCUT2D eigenvalue weighted by molar-refractivity contribution is -0.233. The van der Waals surface area contributed by atoms with Crippen molar-refractivity contribution < 1.29 is 18.9 Å². The number of benzene rings is 5. The van der Waals surface area contributed by atoms with Crippen LogP contribution < -0.4 is 0 Å². The Hall–Kier alpha value is -4.47. The van der Waals surface area contributed by atoms with Crippen LogP contribution in [0.3, 0.4) is 0 Å². The minimum absolute atomic E-state index is 0.191. The maximum absolute atomic E-state index is 7.06. The summed E-state index contributed by atoms with van der Waals surface area (Å²) in [5, 5.41) is 3.02. The Morgan fingerprint density at radius 3 is 1.39 bits per heavy atom. The highest BCUT2D eigenvalue weighted by Crippen LogP contribution is 2.42. The van der Waals surface area contributed by atoms with Gasteiger partial charge in [-0.15, -0.1) is 11.3 Å². The molecule has 1 aromatic heterocycles. The van der Waals surface area contributed by atoms with Crippen molar-refractivity contribution in [3.05, 3.63) is 196 Å². The average Bonchev–Trinajstić information content (AvgIpc) is 3.73. The highest BCUT2D eigenvalue weighted by molar-refractivity contribution is 7.09. The molecule has 0 spiro atoms. The summed E-state index contributed by atoms with van der Waals surface area (Å²) >= 11 is 1.65. The van der Waals surface area contributed by atoms with Gasteiger partial charge in [-0.3, -0.25) is 4.90 Å². The van der Waals surface area contributed by atoms with Gasteiger partial charge < -0.3 is 18.9 Å². The molecule has 5 atom stereocenters. The van der Waals surface area contributed by atoms with Gasteiger partial charge in [0, 0.05) is 18.1 Å². The van der Waals surface area contributed by atoms with Gasteiger partial charge in [0.25, 0.3) is 0 Å². The van der Waals surface area contributed by atoms with Crippen LogP contribution in [0.1, 0.15) is 38.9 Å². The summed E-state index contributed by atoms with van der Waals surface area (Å²) in [5.41, 5.74) is 5.61. The van der Waals surface area contributed by atoms with Crippen molar-refractivity contribution in [1.82, 2.24) is 9.88 Å². The van der Waals surface area contributed by atoms with Crippen LogP contribution in [0, 0.1) is 0 Å². The third-order valence-electron chi connectivity index (χ3n) is 9.29. The van der Waals surface area contributed by atoms with Crippen LogP contribution in [0.2, 0.25) is 0 Å². The van der Waals surface area contributed by atoms with Crippen LogP contribution in [0.25, 0.3) is 0 Å². The molecule has 1 aliphatic rings. The van der Waals surface area contributed by atoms with Crippen LogP contribution in [-0.2, 0) is 51.9 Å². The van der Waals surface area contributed by atoms with E-state index < -0.39 is 18.3 Å². The van der Waals surface area contributed by atoms with Gasteiger partial charge in [0.15, 0.2) is 0 Å². The van der Waals surface area contributed by atoms with Crippen molar-refractivity contribution in [2.75, 3.05) is 6.61 Å². The monoisotopic (exact) mass is 696 g/mol. The van der Waals surface area contributed by atoms with E-state index in [1.54, 1.807) is 11.3 Å². The van der Waals surface area contributed by atoms with Crippen molar-refractivity contribution in [3.8, 4) is 0 Å². The largest absolute Gasteiger partial charge is 0.375 e. The maximum atomic E-state index is 7.06. The molecule has 1 aliphatic heterocycles. The van der Waals surface area contributed by atoms with Crippen LogP contribution in [0.15, 0.2) is 163 Å². The minimum atomic E-state index is -0.441. The molecule has 0 radical (unpaired) electrons. The van der Waals surface area contributed by atoms with Crippen molar-refractivity contribution in [3.63, 3.8) is 0 Å². The van der Waals surface area contributed by atoms with Crippen molar-refractivity contribution in [1.29, 1.82) is 0 Å². The fraction of sp³-hybridized carbons (Fsp3) is 0.250. The molecule has 1 fully saturated rings. The molecule has 260 valence electrons. The molecular formula is C44H44N2O4S. The molecule has 5 aromatic carbocycles. The molecule has 6 nitrogen and oxygen atoms in total.